The van der Waals surface area contributed by atoms with Crippen LogP contribution in [0.15, 0.2) is 43.0 Å². The van der Waals surface area contributed by atoms with Crippen molar-refractivity contribution in [3.8, 4) is 5.82 Å². The Morgan fingerprint density at radius 2 is 2.09 bits per heavy atom. The average Bonchev–Trinajstić information content (AvgIpc) is 3.45. The van der Waals surface area contributed by atoms with Crippen LogP contribution in [0.3, 0.4) is 0 Å². The van der Waals surface area contributed by atoms with Gasteiger partial charge in [0.1, 0.15) is 17.8 Å². The summed E-state index contributed by atoms with van der Waals surface area (Å²) in [6.45, 7) is 10.3. The Hall–Kier alpha value is -2.91. The number of aryl methyl sites for hydroxylation is 1. The van der Waals surface area contributed by atoms with Gasteiger partial charge in [-0.2, -0.15) is 18.5 Å². The van der Waals surface area contributed by atoms with Gasteiger partial charge in [-0.15, -0.1) is 0 Å². The van der Waals surface area contributed by atoms with Gasteiger partial charge in [0.15, 0.2) is 0 Å². The van der Waals surface area contributed by atoms with Gasteiger partial charge in [0.05, 0.1) is 12.6 Å². The summed E-state index contributed by atoms with van der Waals surface area (Å²) < 4.78 is 7.15. The fourth-order valence-electron chi connectivity index (χ4n) is 3.57. The Kier molecular flexibility index (Phi) is 7.76. The van der Waals surface area contributed by atoms with E-state index < -0.39 is 0 Å². The van der Waals surface area contributed by atoms with Crippen LogP contribution in [0, 0.1) is 6.92 Å². The summed E-state index contributed by atoms with van der Waals surface area (Å²) in [6.07, 6.45) is 5.99. The van der Waals surface area contributed by atoms with E-state index in [4.69, 9.17) is 4.74 Å². The molecule has 0 bridgehead atoms. The zero-order valence-electron chi connectivity index (χ0n) is 19.6. The van der Waals surface area contributed by atoms with Gasteiger partial charge in [0.2, 0.25) is 5.95 Å². The molecule has 2 aromatic heterocycles. The van der Waals surface area contributed by atoms with Crippen LogP contribution >= 0.6 is 13.5 Å². The van der Waals surface area contributed by atoms with E-state index in [0.717, 1.165) is 24.2 Å². The molecule has 0 radical (unpaired) electrons. The van der Waals surface area contributed by atoms with Crippen molar-refractivity contribution in [3.63, 3.8) is 0 Å². The molecule has 1 aliphatic heterocycles. The highest BCUT2D eigenvalue weighted by Crippen LogP contribution is 2.23. The predicted molar refractivity (Wildman–Crippen MR) is 133 cm³/mol. The van der Waals surface area contributed by atoms with E-state index in [-0.39, 0.29) is 30.9 Å². The Balaban J connectivity index is 0.00000306. The zero-order valence-corrected chi connectivity index (χ0v) is 20.6. The minimum atomic E-state index is -0.224. The lowest BCUT2D eigenvalue weighted by molar-refractivity contribution is 0.0946. The first-order chi connectivity index (χ1) is 15.3. The smallest absolute Gasteiger partial charge is 0.271 e. The van der Waals surface area contributed by atoms with Crippen molar-refractivity contribution in [2.75, 3.05) is 18.5 Å². The third-order valence-electron chi connectivity index (χ3n) is 5.51. The number of carbonyl (C=O) groups is 1. The second kappa shape index (κ2) is 10.4. The van der Waals surface area contributed by atoms with Gasteiger partial charge >= 0.3 is 0 Å². The quantitative estimate of drug-likeness (QED) is 0.575. The normalized spacial score (nSPS) is 15.7. The number of anilines is 1. The second-order valence-electron chi connectivity index (χ2n) is 9.20. The Morgan fingerprint density at radius 1 is 1.27 bits per heavy atom. The van der Waals surface area contributed by atoms with E-state index in [1.807, 2.05) is 19.1 Å². The number of benzene rings is 1. The van der Waals surface area contributed by atoms with Gasteiger partial charge in [0, 0.05) is 31.1 Å². The number of aromatic nitrogens is 4. The summed E-state index contributed by atoms with van der Waals surface area (Å²) in [5.74, 6) is 1.00. The maximum atomic E-state index is 12.7. The van der Waals surface area contributed by atoms with Crippen LogP contribution < -0.4 is 10.6 Å². The molecule has 1 saturated heterocycles. The minimum Gasteiger partial charge on any atom is -0.379 e. The van der Waals surface area contributed by atoms with Crippen LogP contribution in [0.25, 0.3) is 5.82 Å². The lowest BCUT2D eigenvalue weighted by Crippen LogP contribution is -2.23. The molecule has 1 unspecified atom stereocenters. The number of hydrogen-bond acceptors (Lipinski definition) is 6. The number of rotatable bonds is 6. The van der Waals surface area contributed by atoms with Crippen molar-refractivity contribution in [2.45, 2.75) is 52.1 Å². The summed E-state index contributed by atoms with van der Waals surface area (Å²) in [6, 6.07) is 8.50. The number of nitrogens with one attached hydrogen (secondary N) is 2. The molecule has 1 aromatic carbocycles. The molecule has 1 aliphatic rings. The molecule has 4 rings (SSSR count). The van der Waals surface area contributed by atoms with Gasteiger partial charge in [-0.05, 0) is 29.9 Å². The van der Waals surface area contributed by atoms with Crippen LogP contribution in [0.4, 0.5) is 5.95 Å². The summed E-state index contributed by atoms with van der Waals surface area (Å²) in [4.78, 5) is 26.0. The van der Waals surface area contributed by atoms with E-state index in [1.54, 1.807) is 23.3 Å². The highest BCUT2D eigenvalue weighted by atomic mass is 32.1. The van der Waals surface area contributed by atoms with Crippen molar-refractivity contribution in [3.05, 3.63) is 65.4 Å². The molecule has 3 aromatic rings. The maximum Gasteiger partial charge on any atom is 0.271 e. The lowest BCUT2D eigenvalue weighted by Gasteiger charge is -2.19. The minimum absolute atomic E-state index is 0. The third-order valence-corrected chi connectivity index (χ3v) is 5.51. The Bertz CT molecular complexity index is 1100. The van der Waals surface area contributed by atoms with Crippen molar-refractivity contribution in [2.24, 2.45) is 0 Å². The van der Waals surface area contributed by atoms with E-state index in [2.05, 4.69) is 58.5 Å². The monoisotopic (exact) mass is 468 g/mol. The molecule has 2 N–H and O–H groups in total. The van der Waals surface area contributed by atoms with Gasteiger partial charge in [-0.1, -0.05) is 45.0 Å². The first-order valence-corrected chi connectivity index (χ1v) is 10.9. The van der Waals surface area contributed by atoms with Crippen molar-refractivity contribution >= 4 is 25.4 Å². The highest BCUT2D eigenvalue weighted by Gasteiger charge is 2.18. The van der Waals surface area contributed by atoms with E-state index >= 15 is 0 Å². The van der Waals surface area contributed by atoms with Crippen LogP contribution in [0.1, 0.15) is 54.4 Å². The molecule has 1 atom stereocenters. The first kappa shape index (κ1) is 24.7. The zero-order chi connectivity index (χ0) is 22.7. The second-order valence-corrected chi connectivity index (χ2v) is 9.20. The SMILES string of the molecule is Cc1cnc(NC2CCOC2)nc1-n1cnc(C(=O)NCc2cccc(C(C)(C)C)c2)c1.S. The fraction of sp³-hybridized carbons (Fsp3) is 0.417. The molecule has 33 heavy (non-hydrogen) atoms. The standard InChI is InChI=1S/C24H30N6O2.H2S/c1-16-11-26-23(28-19-8-9-32-14-19)29-21(16)30-13-20(27-15-30)22(31)25-12-17-6-5-7-18(10-17)24(2,3)4;/h5-7,10-11,13,15,19H,8-9,12,14H2,1-4H3,(H,25,31)(H,26,28,29);1H2. The number of imidazole rings is 1. The fourth-order valence-corrected chi connectivity index (χ4v) is 3.57. The molecule has 1 amide bonds. The van der Waals surface area contributed by atoms with Crippen LogP contribution in [-0.4, -0.2) is 44.7 Å². The van der Waals surface area contributed by atoms with Gasteiger partial charge in [-0.25, -0.2) is 9.97 Å². The van der Waals surface area contributed by atoms with Gasteiger partial charge in [0.25, 0.3) is 5.91 Å². The number of carbonyl (C=O) groups excluding carboxylic acids is 1. The van der Waals surface area contributed by atoms with E-state index in [1.165, 1.54) is 5.56 Å². The Morgan fingerprint density at radius 3 is 2.82 bits per heavy atom. The molecule has 9 heteroatoms. The molecule has 176 valence electrons. The topological polar surface area (TPSA) is 94.0 Å². The Labute approximate surface area is 201 Å². The summed E-state index contributed by atoms with van der Waals surface area (Å²) in [5, 5.41) is 6.26. The number of hydrogen-bond donors (Lipinski definition) is 2. The summed E-state index contributed by atoms with van der Waals surface area (Å²) >= 11 is 0. The van der Waals surface area contributed by atoms with Crippen molar-refractivity contribution in [1.29, 1.82) is 0 Å². The van der Waals surface area contributed by atoms with E-state index in [0.29, 0.717) is 30.6 Å². The van der Waals surface area contributed by atoms with Crippen LogP contribution in [0.5, 0.6) is 0 Å². The van der Waals surface area contributed by atoms with Crippen molar-refractivity contribution in [1.82, 2.24) is 24.8 Å². The molecule has 0 aliphatic carbocycles. The summed E-state index contributed by atoms with van der Waals surface area (Å²) in [5.41, 5.74) is 3.59. The number of ether oxygens (including phenoxy) is 1. The van der Waals surface area contributed by atoms with Gasteiger partial charge < -0.3 is 15.4 Å². The number of amides is 1. The molecular weight excluding hydrogens is 436 g/mol. The molecule has 3 heterocycles. The molecule has 1 fully saturated rings. The van der Waals surface area contributed by atoms with Crippen LogP contribution in [-0.2, 0) is 16.7 Å². The van der Waals surface area contributed by atoms with E-state index in [9.17, 15) is 4.79 Å². The molecule has 8 nitrogen and oxygen atoms in total. The summed E-state index contributed by atoms with van der Waals surface area (Å²) in [7, 11) is 0. The largest absolute Gasteiger partial charge is 0.379 e. The van der Waals surface area contributed by atoms with Gasteiger partial charge in [-0.3, -0.25) is 9.36 Å². The third kappa shape index (κ3) is 6.11. The van der Waals surface area contributed by atoms with Crippen molar-refractivity contribution < 1.29 is 9.53 Å². The molecule has 0 saturated carbocycles. The highest BCUT2D eigenvalue weighted by molar-refractivity contribution is 7.59. The number of nitrogens with zero attached hydrogens (tertiary/aromatic N) is 4. The average molecular weight is 469 g/mol. The van der Waals surface area contributed by atoms with Crippen LogP contribution in [0.2, 0.25) is 0 Å². The maximum absolute atomic E-state index is 12.7. The first-order valence-electron chi connectivity index (χ1n) is 10.9. The predicted octanol–water partition coefficient (Wildman–Crippen LogP) is 3.51. The molecule has 0 spiro atoms. The molecular formula is C24H32N6O2S. The lowest BCUT2D eigenvalue weighted by atomic mass is 9.86.